The van der Waals surface area contributed by atoms with Crippen molar-refractivity contribution >= 4 is 40.0 Å². The Hall–Kier alpha value is -0.630. The van der Waals surface area contributed by atoms with Crippen molar-refractivity contribution in [3.8, 4) is 0 Å². The topological polar surface area (TPSA) is 143 Å². The Morgan fingerprint density at radius 3 is 1.82 bits per heavy atom. The lowest BCUT2D eigenvalue weighted by Crippen LogP contribution is -2.05. The fourth-order valence-corrected chi connectivity index (χ4v) is 4.46. The van der Waals surface area contributed by atoms with Crippen LogP contribution in [0.2, 0.25) is 0 Å². The molecule has 0 amide bonds. The zero-order chi connectivity index (χ0) is 13.4. The molecule has 1 rings (SSSR count). The molecule has 0 aliphatic carbocycles. The number of halogens is 1. The van der Waals surface area contributed by atoms with Crippen molar-refractivity contribution in [3.63, 3.8) is 0 Å². The van der Waals surface area contributed by atoms with Crippen LogP contribution in [0, 0.1) is 3.57 Å². The lowest BCUT2D eigenvalue weighted by atomic mass is 10.4. The van der Waals surface area contributed by atoms with Crippen LogP contribution >= 0.6 is 19.8 Å². The maximum absolute atomic E-state index is 10.9. The molecule has 8 nitrogen and oxygen atoms in total. The van der Waals surface area contributed by atoms with Gasteiger partial charge < -0.3 is 0 Å². The Bertz CT molecular complexity index is 719. The minimum absolute atomic E-state index is 0.375. The van der Waals surface area contributed by atoms with Gasteiger partial charge in [0.25, 0.3) is 20.2 Å². The molecule has 0 unspecified atom stereocenters. The Labute approximate surface area is 103 Å². The van der Waals surface area contributed by atoms with Crippen LogP contribution in [-0.4, -0.2) is 25.9 Å². The van der Waals surface area contributed by atoms with Crippen molar-refractivity contribution in [2.24, 2.45) is 0 Å². The van der Waals surface area contributed by atoms with Crippen molar-refractivity contribution in [2.75, 3.05) is 0 Å². The van der Waals surface area contributed by atoms with E-state index in [1.807, 2.05) is 0 Å². The first-order valence-corrected chi connectivity index (χ1v) is 9.40. The van der Waals surface area contributed by atoms with Crippen LogP contribution in [0.5, 0.6) is 0 Å². The highest BCUT2D eigenvalue weighted by atomic mass is 127. The van der Waals surface area contributed by atoms with Crippen LogP contribution in [0.1, 0.15) is 0 Å². The summed E-state index contributed by atoms with van der Waals surface area (Å²) in [7, 11) is -9.59. The van der Waals surface area contributed by atoms with E-state index in [-0.39, 0.29) is 0 Å². The second-order valence-corrected chi connectivity index (χ2v) is 7.97. The zero-order valence-electron chi connectivity index (χ0n) is 7.77. The van der Waals surface area contributed by atoms with Gasteiger partial charge in [0.2, 0.25) is 0 Å². The molecule has 0 bridgehead atoms. The predicted octanol–water partition coefficient (Wildman–Crippen LogP) is 0.547. The van der Waals surface area contributed by atoms with E-state index in [0.717, 1.165) is 6.07 Å². The number of hydrogen-bond donors (Lipinski definition) is 2. The van der Waals surface area contributed by atoms with Gasteiger partial charge in [-0.3, -0.25) is 9.11 Å². The molecule has 11 heteroatoms. The molecule has 0 spiro atoms. The fraction of sp³-hybridized carbons (Fsp3) is 0. The van der Waals surface area contributed by atoms with Gasteiger partial charge >= 0.3 is 19.8 Å². The van der Waals surface area contributed by atoms with Crippen molar-refractivity contribution < 1.29 is 32.1 Å². The van der Waals surface area contributed by atoms with Crippen molar-refractivity contribution in [3.05, 3.63) is 21.8 Å². The zero-order valence-corrected chi connectivity index (χ0v) is 11.6. The summed E-state index contributed by atoms with van der Waals surface area (Å²) >= 11 is -4.23. The first-order valence-electron chi connectivity index (χ1n) is 3.68. The van der Waals surface area contributed by atoms with E-state index in [0.29, 0.717) is 12.1 Å². The Morgan fingerprint density at radius 2 is 1.47 bits per heavy atom. The highest BCUT2D eigenvalue weighted by Gasteiger charge is 2.22. The predicted molar refractivity (Wildman–Crippen MR) is 60.2 cm³/mol. The molecule has 96 valence electrons. The first kappa shape index (κ1) is 14.4. The van der Waals surface area contributed by atoms with Crippen LogP contribution in [-0.2, 0) is 26.4 Å². The minimum atomic E-state index is -4.90. The molecule has 0 aliphatic heterocycles. The maximum Gasteiger partial charge on any atom is 0.342 e. The van der Waals surface area contributed by atoms with Crippen molar-refractivity contribution in [1.82, 2.24) is 0 Å². The van der Waals surface area contributed by atoms with Crippen LogP contribution < -0.4 is 0 Å². The van der Waals surface area contributed by atoms with Gasteiger partial charge in [-0.15, -0.1) is 0 Å². The SMILES string of the molecule is O=I(=O)c1ccc(S(=O)(=O)O)cc1S(=O)(=O)O. The molecule has 0 fully saturated rings. The highest BCUT2D eigenvalue weighted by molar-refractivity contribution is 14.2. The number of rotatable bonds is 3. The molecule has 0 aliphatic rings. The van der Waals surface area contributed by atoms with E-state index in [2.05, 4.69) is 0 Å². The monoisotopic (exact) mass is 396 g/mol. The van der Waals surface area contributed by atoms with E-state index >= 15 is 0 Å². The van der Waals surface area contributed by atoms with Crippen molar-refractivity contribution in [1.29, 1.82) is 0 Å². The third-order valence-corrected chi connectivity index (χ3v) is 5.64. The van der Waals surface area contributed by atoms with E-state index in [1.165, 1.54) is 0 Å². The van der Waals surface area contributed by atoms with Gasteiger partial charge in [-0.05, 0) is 18.2 Å². The second kappa shape index (κ2) is 4.56. The van der Waals surface area contributed by atoms with E-state index < -0.39 is 53.4 Å². The summed E-state index contributed by atoms with van der Waals surface area (Å²) in [4.78, 5) is -1.89. The smallest absolute Gasteiger partial charge is 0.282 e. The third-order valence-electron chi connectivity index (χ3n) is 1.64. The Morgan fingerprint density at radius 1 is 0.941 bits per heavy atom. The van der Waals surface area contributed by atoms with Crippen LogP contribution in [0.3, 0.4) is 0 Å². The molecule has 1 aromatic rings. The molecule has 0 aromatic heterocycles. The van der Waals surface area contributed by atoms with Crippen molar-refractivity contribution in [2.45, 2.75) is 9.79 Å². The molecular formula is C6H5IO8S2. The van der Waals surface area contributed by atoms with Gasteiger partial charge in [-0.25, -0.2) is 6.14 Å². The summed E-state index contributed by atoms with van der Waals surface area (Å²) in [5.41, 5.74) is 0. The molecule has 17 heavy (non-hydrogen) atoms. The summed E-state index contributed by atoms with van der Waals surface area (Å²) in [5, 5.41) is 0. The summed E-state index contributed by atoms with van der Waals surface area (Å²) in [5.74, 6) is 0. The van der Waals surface area contributed by atoms with Gasteiger partial charge in [0.15, 0.2) is 0 Å². The Kier molecular flexibility index (Phi) is 3.87. The van der Waals surface area contributed by atoms with E-state index in [9.17, 15) is 23.0 Å². The molecule has 0 radical (unpaired) electrons. The van der Waals surface area contributed by atoms with Gasteiger partial charge in [0.1, 0.15) is 4.90 Å². The summed E-state index contributed by atoms with van der Waals surface area (Å²) < 4.78 is 81.5. The maximum atomic E-state index is 10.9. The van der Waals surface area contributed by atoms with Crippen LogP contribution in [0.25, 0.3) is 0 Å². The summed E-state index contributed by atoms with van der Waals surface area (Å²) in [6, 6.07) is 1.79. The molecule has 1 aromatic carbocycles. The van der Waals surface area contributed by atoms with E-state index in [4.69, 9.17) is 9.11 Å². The van der Waals surface area contributed by atoms with Gasteiger partial charge in [0, 0.05) is 0 Å². The lowest BCUT2D eigenvalue weighted by Gasteiger charge is -2.02. The fourth-order valence-electron chi connectivity index (χ4n) is 0.969. The van der Waals surface area contributed by atoms with Gasteiger partial charge in [0.05, 0.1) is 8.47 Å². The molecule has 0 atom stereocenters. The number of benzene rings is 1. The average molecular weight is 396 g/mol. The summed E-state index contributed by atoms with van der Waals surface area (Å²) in [6.45, 7) is 0. The first-order chi connectivity index (χ1) is 7.53. The van der Waals surface area contributed by atoms with Crippen LogP contribution in [0.4, 0.5) is 0 Å². The second-order valence-electron chi connectivity index (χ2n) is 2.76. The van der Waals surface area contributed by atoms with Gasteiger partial charge in [-0.1, -0.05) is 0 Å². The molecular weight excluding hydrogens is 391 g/mol. The molecule has 2 N–H and O–H groups in total. The standard InChI is InChI=1S/C6H5IO8S2/c8-7(9)5-2-1-4(16(10,11)12)3-6(5)17(13,14)15/h1-3H,(H,10,11,12)(H,13,14,15). The highest BCUT2D eigenvalue weighted by Crippen LogP contribution is 2.27. The Balaban J connectivity index is 3.75. The third kappa shape index (κ3) is 3.41. The average Bonchev–Trinajstić information content (AvgIpc) is 2.14. The van der Waals surface area contributed by atoms with E-state index in [1.54, 1.807) is 0 Å². The molecule has 0 saturated carbocycles. The summed E-state index contributed by atoms with van der Waals surface area (Å²) in [6.07, 6.45) is 0. The quantitative estimate of drug-likeness (QED) is 0.557. The minimum Gasteiger partial charge on any atom is -0.282 e. The van der Waals surface area contributed by atoms with Gasteiger partial charge in [-0.2, -0.15) is 16.8 Å². The number of hydrogen-bond acceptors (Lipinski definition) is 6. The normalized spacial score (nSPS) is 12.9. The van der Waals surface area contributed by atoms with Crippen LogP contribution in [0.15, 0.2) is 28.0 Å². The molecule has 0 saturated heterocycles. The lowest BCUT2D eigenvalue weighted by molar-refractivity contribution is 0.480. The largest absolute Gasteiger partial charge is 0.342 e. The molecule has 0 heterocycles.